The molecule has 0 radical (unpaired) electrons. The third kappa shape index (κ3) is 4.09. The summed E-state index contributed by atoms with van der Waals surface area (Å²) in [6.07, 6.45) is 9.46. The molecule has 9 heteroatoms. The van der Waals surface area contributed by atoms with Crippen molar-refractivity contribution in [2.24, 2.45) is 0 Å². The maximum absolute atomic E-state index is 12.2. The molecule has 2 aromatic rings. The highest BCUT2D eigenvalue weighted by atomic mass is 32.1. The van der Waals surface area contributed by atoms with Crippen LogP contribution in [0.15, 0.2) is 12.5 Å². The van der Waals surface area contributed by atoms with Crippen molar-refractivity contribution >= 4 is 28.3 Å². The molecule has 2 aromatic heterocycles. The van der Waals surface area contributed by atoms with Crippen LogP contribution in [0.3, 0.4) is 0 Å². The lowest BCUT2D eigenvalue weighted by atomic mass is 9.90. The Bertz CT molecular complexity index is 799. The maximum Gasteiger partial charge on any atom is 0.343 e. The predicted molar refractivity (Wildman–Crippen MR) is 108 cm³/mol. The summed E-state index contributed by atoms with van der Waals surface area (Å²) in [5.41, 5.74) is 0.424. The van der Waals surface area contributed by atoms with E-state index in [0.29, 0.717) is 23.9 Å². The van der Waals surface area contributed by atoms with Gasteiger partial charge in [0, 0.05) is 38.3 Å². The SMILES string of the molecule is CCOC(=O)c1cncnc1N1CCN(c2nnc(C3CCCCC3)s2)CC1. The van der Waals surface area contributed by atoms with Crippen molar-refractivity contribution < 1.29 is 9.53 Å². The summed E-state index contributed by atoms with van der Waals surface area (Å²) in [6.45, 7) is 5.31. The number of rotatable bonds is 5. The van der Waals surface area contributed by atoms with Gasteiger partial charge in [-0.25, -0.2) is 14.8 Å². The summed E-state index contributed by atoms with van der Waals surface area (Å²) in [6, 6.07) is 0. The van der Waals surface area contributed by atoms with Gasteiger partial charge in [0.15, 0.2) is 0 Å². The number of carbonyl (C=O) groups excluding carboxylic acids is 1. The molecular weight excluding hydrogens is 376 g/mol. The summed E-state index contributed by atoms with van der Waals surface area (Å²) in [5, 5.41) is 11.1. The maximum atomic E-state index is 12.2. The molecule has 0 amide bonds. The normalized spacial score (nSPS) is 18.3. The first-order valence-electron chi connectivity index (χ1n) is 10.1. The fourth-order valence-corrected chi connectivity index (χ4v) is 4.97. The molecule has 28 heavy (non-hydrogen) atoms. The number of hydrogen-bond acceptors (Lipinski definition) is 9. The Labute approximate surface area is 169 Å². The minimum Gasteiger partial charge on any atom is -0.462 e. The van der Waals surface area contributed by atoms with Gasteiger partial charge in [-0.05, 0) is 19.8 Å². The van der Waals surface area contributed by atoms with E-state index in [2.05, 4.69) is 30.0 Å². The summed E-state index contributed by atoms with van der Waals surface area (Å²) >= 11 is 1.74. The van der Waals surface area contributed by atoms with E-state index >= 15 is 0 Å². The third-order valence-corrected chi connectivity index (χ3v) is 6.57. The summed E-state index contributed by atoms with van der Waals surface area (Å²) in [7, 11) is 0. The Kier molecular flexibility index (Phi) is 5.99. The number of esters is 1. The Balaban J connectivity index is 1.40. The topological polar surface area (TPSA) is 84.3 Å². The van der Waals surface area contributed by atoms with Gasteiger partial charge < -0.3 is 14.5 Å². The fraction of sp³-hybridized carbons (Fsp3) is 0.632. The van der Waals surface area contributed by atoms with Gasteiger partial charge >= 0.3 is 5.97 Å². The van der Waals surface area contributed by atoms with Crippen LogP contribution in [0.5, 0.6) is 0 Å². The average Bonchev–Trinajstić information content (AvgIpc) is 3.25. The van der Waals surface area contributed by atoms with Crippen molar-refractivity contribution in [3.63, 3.8) is 0 Å². The first kappa shape index (κ1) is 19.0. The molecule has 8 nitrogen and oxygen atoms in total. The average molecular weight is 403 g/mol. The van der Waals surface area contributed by atoms with Crippen molar-refractivity contribution in [3.05, 3.63) is 23.1 Å². The largest absolute Gasteiger partial charge is 0.462 e. The van der Waals surface area contributed by atoms with Crippen LogP contribution in [0, 0.1) is 0 Å². The molecule has 0 bridgehead atoms. The van der Waals surface area contributed by atoms with Crippen LogP contribution in [-0.2, 0) is 4.74 Å². The van der Waals surface area contributed by atoms with E-state index in [4.69, 9.17) is 4.74 Å². The zero-order valence-electron chi connectivity index (χ0n) is 16.2. The zero-order valence-corrected chi connectivity index (χ0v) is 17.0. The highest BCUT2D eigenvalue weighted by molar-refractivity contribution is 7.15. The van der Waals surface area contributed by atoms with E-state index in [1.807, 2.05) is 0 Å². The van der Waals surface area contributed by atoms with Crippen LogP contribution in [0.25, 0.3) is 0 Å². The van der Waals surface area contributed by atoms with Gasteiger partial charge in [0.2, 0.25) is 5.13 Å². The van der Waals surface area contributed by atoms with Crippen molar-refractivity contribution in [2.45, 2.75) is 44.9 Å². The highest BCUT2D eigenvalue weighted by Gasteiger charge is 2.26. The van der Waals surface area contributed by atoms with E-state index < -0.39 is 0 Å². The lowest BCUT2D eigenvalue weighted by Gasteiger charge is -2.35. The van der Waals surface area contributed by atoms with Gasteiger partial charge in [0.25, 0.3) is 0 Å². The van der Waals surface area contributed by atoms with Crippen LogP contribution >= 0.6 is 11.3 Å². The fourth-order valence-electron chi connectivity index (χ4n) is 3.91. The second kappa shape index (κ2) is 8.81. The Hall–Kier alpha value is -2.29. The first-order chi connectivity index (χ1) is 13.8. The molecule has 4 rings (SSSR count). The van der Waals surface area contributed by atoms with E-state index in [1.165, 1.54) is 49.6 Å². The Morgan fingerprint density at radius 1 is 1.14 bits per heavy atom. The van der Waals surface area contributed by atoms with Crippen molar-refractivity contribution in [1.29, 1.82) is 0 Å². The van der Waals surface area contributed by atoms with Gasteiger partial charge in [0.1, 0.15) is 22.7 Å². The molecule has 2 fully saturated rings. The van der Waals surface area contributed by atoms with Crippen molar-refractivity contribution in [2.75, 3.05) is 42.6 Å². The molecule has 1 saturated heterocycles. The molecular formula is C19H26N6O2S. The molecule has 0 unspecified atom stereocenters. The Morgan fingerprint density at radius 2 is 1.89 bits per heavy atom. The summed E-state index contributed by atoms with van der Waals surface area (Å²) in [4.78, 5) is 24.9. The quantitative estimate of drug-likeness (QED) is 0.706. The van der Waals surface area contributed by atoms with Gasteiger partial charge in [-0.2, -0.15) is 0 Å². The highest BCUT2D eigenvalue weighted by Crippen LogP contribution is 2.36. The molecule has 0 N–H and O–H groups in total. The number of nitrogens with zero attached hydrogens (tertiary/aromatic N) is 6. The van der Waals surface area contributed by atoms with E-state index in [-0.39, 0.29) is 5.97 Å². The summed E-state index contributed by atoms with van der Waals surface area (Å²) < 4.78 is 5.14. The second-order valence-electron chi connectivity index (χ2n) is 7.21. The van der Waals surface area contributed by atoms with Crippen molar-refractivity contribution in [3.8, 4) is 0 Å². The van der Waals surface area contributed by atoms with E-state index in [1.54, 1.807) is 18.3 Å². The number of carbonyl (C=O) groups is 1. The minimum atomic E-state index is -0.373. The number of aromatic nitrogens is 4. The van der Waals surface area contributed by atoms with Gasteiger partial charge in [-0.3, -0.25) is 0 Å². The zero-order chi connectivity index (χ0) is 19.3. The minimum absolute atomic E-state index is 0.335. The molecule has 1 saturated carbocycles. The lowest BCUT2D eigenvalue weighted by Crippen LogP contribution is -2.47. The standard InChI is InChI=1S/C19H26N6O2S/c1-2-27-18(26)15-12-20-13-21-16(15)24-8-10-25(11-9-24)19-23-22-17(28-19)14-6-4-3-5-7-14/h12-14H,2-11H2,1H3. The molecule has 2 aliphatic rings. The van der Waals surface area contributed by atoms with E-state index in [0.717, 1.165) is 31.3 Å². The van der Waals surface area contributed by atoms with E-state index in [9.17, 15) is 4.79 Å². The predicted octanol–water partition coefficient (Wildman–Crippen LogP) is 2.88. The molecule has 3 heterocycles. The molecule has 0 atom stereocenters. The summed E-state index contributed by atoms with van der Waals surface area (Å²) in [5.74, 6) is 0.865. The van der Waals surface area contributed by atoms with Gasteiger partial charge in [-0.1, -0.05) is 30.6 Å². The smallest absolute Gasteiger partial charge is 0.343 e. The third-order valence-electron chi connectivity index (χ3n) is 5.42. The van der Waals surface area contributed by atoms with Crippen LogP contribution in [0.2, 0.25) is 0 Å². The monoisotopic (exact) mass is 402 g/mol. The van der Waals surface area contributed by atoms with Crippen LogP contribution in [0.4, 0.5) is 10.9 Å². The number of ether oxygens (including phenoxy) is 1. The van der Waals surface area contributed by atoms with Crippen LogP contribution in [-0.4, -0.2) is 58.9 Å². The molecule has 0 aromatic carbocycles. The van der Waals surface area contributed by atoms with Crippen LogP contribution in [0.1, 0.15) is 60.3 Å². The Morgan fingerprint density at radius 3 is 2.64 bits per heavy atom. The lowest BCUT2D eigenvalue weighted by molar-refractivity contribution is 0.0526. The van der Waals surface area contributed by atoms with Gasteiger partial charge in [-0.15, -0.1) is 10.2 Å². The first-order valence-corrected chi connectivity index (χ1v) is 10.9. The number of piperazine rings is 1. The van der Waals surface area contributed by atoms with Gasteiger partial charge in [0.05, 0.1) is 6.61 Å². The molecule has 1 aliphatic carbocycles. The molecule has 150 valence electrons. The number of anilines is 2. The molecule has 1 aliphatic heterocycles. The number of hydrogen-bond donors (Lipinski definition) is 0. The molecule has 0 spiro atoms. The van der Waals surface area contributed by atoms with Crippen molar-refractivity contribution in [1.82, 2.24) is 20.2 Å². The van der Waals surface area contributed by atoms with Crippen LogP contribution < -0.4 is 9.80 Å². The second-order valence-corrected chi connectivity index (χ2v) is 8.20.